The van der Waals surface area contributed by atoms with Gasteiger partial charge in [0.2, 0.25) is 0 Å². The molecule has 1 saturated carbocycles. The summed E-state index contributed by atoms with van der Waals surface area (Å²) >= 11 is 0. The van der Waals surface area contributed by atoms with Gasteiger partial charge >= 0.3 is 0 Å². The second kappa shape index (κ2) is 7.53. The van der Waals surface area contributed by atoms with Gasteiger partial charge in [0.05, 0.1) is 12.3 Å². The molecular weight excluding hydrogens is 250 g/mol. The third-order valence-corrected chi connectivity index (χ3v) is 4.17. The monoisotopic (exact) mass is 277 g/mol. The van der Waals surface area contributed by atoms with Crippen LogP contribution in [0.3, 0.4) is 0 Å². The fourth-order valence-electron chi connectivity index (χ4n) is 2.92. The number of nitrogens with one attached hydrogen (secondary N) is 1. The zero-order chi connectivity index (χ0) is 14.4. The Balaban J connectivity index is 2.01. The Bertz CT molecular complexity index is 413. The van der Waals surface area contributed by atoms with Gasteiger partial charge in [-0.15, -0.1) is 0 Å². The average Bonchev–Trinajstić information content (AvgIpc) is 2.96. The average molecular weight is 277 g/mol. The van der Waals surface area contributed by atoms with Gasteiger partial charge in [-0.3, -0.25) is 0 Å². The maximum absolute atomic E-state index is 5.83. The third-order valence-electron chi connectivity index (χ3n) is 4.17. The number of rotatable bonds is 7. The van der Waals surface area contributed by atoms with Crippen LogP contribution in [-0.2, 0) is 4.74 Å². The molecule has 2 rings (SSSR count). The van der Waals surface area contributed by atoms with Crippen LogP contribution in [0.15, 0.2) is 18.2 Å². The second-order valence-electron chi connectivity index (χ2n) is 5.82. The standard InChI is InChI=1S/C17H27NO2/c1-13-8-9-16(17(12-13)20-11-10-19-3)18-14(2)15-6-4-5-7-15/h8-9,12,14-15,18H,4-7,10-11H2,1-3H3. The molecule has 0 aromatic heterocycles. The minimum absolute atomic E-state index is 0.505. The van der Waals surface area contributed by atoms with Gasteiger partial charge in [-0.2, -0.15) is 0 Å². The molecule has 1 N–H and O–H groups in total. The van der Waals surface area contributed by atoms with Crippen molar-refractivity contribution in [3.63, 3.8) is 0 Å². The van der Waals surface area contributed by atoms with Crippen molar-refractivity contribution in [2.24, 2.45) is 5.92 Å². The zero-order valence-electron chi connectivity index (χ0n) is 12.9. The normalized spacial score (nSPS) is 17.1. The van der Waals surface area contributed by atoms with Crippen LogP contribution in [0.4, 0.5) is 5.69 Å². The zero-order valence-corrected chi connectivity index (χ0v) is 12.9. The van der Waals surface area contributed by atoms with Gasteiger partial charge in [-0.1, -0.05) is 18.9 Å². The molecule has 112 valence electrons. The van der Waals surface area contributed by atoms with Crippen molar-refractivity contribution in [2.45, 2.75) is 45.6 Å². The van der Waals surface area contributed by atoms with Crippen molar-refractivity contribution in [3.8, 4) is 5.75 Å². The molecule has 1 aliphatic carbocycles. The van der Waals surface area contributed by atoms with Crippen LogP contribution in [0.5, 0.6) is 5.75 Å². The third kappa shape index (κ3) is 4.14. The topological polar surface area (TPSA) is 30.5 Å². The van der Waals surface area contributed by atoms with Crippen molar-refractivity contribution in [2.75, 3.05) is 25.6 Å². The first kappa shape index (κ1) is 15.2. The van der Waals surface area contributed by atoms with Crippen LogP contribution in [0.25, 0.3) is 0 Å². The van der Waals surface area contributed by atoms with E-state index in [0.29, 0.717) is 19.3 Å². The fraction of sp³-hybridized carbons (Fsp3) is 0.647. The van der Waals surface area contributed by atoms with Gasteiger partial charge in [0.25, 0.3) is 0 Å². The second-order valence-corrected chi connectivity index (χ2v) is 5.82. The minimum atomic E-state index is 0.505. The minimum Gasteiger partial charge on any atom is -0.489 e. The lowest BCUT2D eigenvalue weighted by Crippen LogP contribution is -2.24. The molecule has 1 aromatic rings. The molecule has 3 nitrogen and oxygen atoms in total. The van der Waals surface area contributed by atoms with Crippen LogP contribution in [0.1, 0.15) is 38.2 Å². The highest BCUT2D eigenvalue weighted by atomic mass is 16.5. The summed E-state index contributed by atoms with van der Waals surface area (Å²) in [5.74, 6) is 1.73. The number of methoxy groups -OCH3 is 1. The van der Waals surface area contributed by atoms with E-state index in [1.807, 2.05) is 0 Å². The summed E-state index contributed by atoms with van der Waals surface area (Å²) in [6, 6.07) is 6.86. The number of hydrogen-bond acceptors (Lipinski definition) is 3. The SMILES string of the molecule is COCCOc1cc(C)ccc1NC(C)C1CCCC1. The molecule has 20 heavy (non-hydrogen) atoms. The van der Waals surface area contributed by atoms with Gasteiger partial charge < -0.3 is 14.8 Å². The van der Waals surface area contributed by atoms with Crippen LogP contribution >= 0.6 is 0 Å². The van der Waals surface area contributed by atoms with E-state index in [-0.39, 0.29) is 0 Å². The van der Waals surface area contributed by atoms with Gasteiger partial charge in [0.1, 0.15) is 12.4 Å². The van der Waals surface area contributed by atoms with Crippen LogP contribution in [0, 0.1) is 12.8 Å². The van der Waals surface area contributed by atoms with Crippen molar-refractivity contribution in [3.05, 3.63) is 23.8 Å². The lowest BCUT2D eigenvalue weighted by molar-refractivity contribution is 0.146. The predicted molar refractivity (Wildman–Crippen MR) is 83.6 cm³/mol. The Morgan fingerprint density at radius 2 is 2.00 bits per heavy atom. The molecule has 1 aliphatic rings. The van der Waals surface area contributed by atoms with Crippen LogP contribution in [-0.4, -0.2) is 26.4 Å². The smallest absolute Gasteiger partial charge is 0.142 e. The van der Waals surface area contributed by atoms with E-state index in [0.717, 1.165) is 17.4 Å². The molecule has 1 unspecified atom stereocenters. The van der Waals surface area contributed by atoms with Crippen molar-refractivity contribution >= 4 is 5.69 Å². The molecule has 0 amide bonds. The highest BCUT2D eigenvalue weighted by Crippen LogP contribution is 2.32. The maximum Gasteiger partial charge on any atom is 0.142 e. The van der Waals surface area contributed by atoms with Gasteiger partial charge in [-0.25, -0.2) is 0 Å². The van der Waals surface area contributed by atoms with E-state index in [4.69, 9.17) is 9.47 Å². The highest BCUT2D eigenvalue weighted by molar-refractivity contribution is 5.58. The van der Waals surface area contributed by atoms with E-state index < -0.39 is 0 Å². The molecule has 0 heterocycles. The Hall–Kier alpha value is -1.22. The molecule has 0 saturated heterocycles. The van der Waals surface area contributed by atoms with E-state index in [1.165, 1.54) is 31.2 Å². The summed E-state index contributed by atoms with van der Waals surface area (Å²) in [6.45, 7) is 5.58. The first-order chi connectivity index (χ1) is 9.70. The summed E-state index contributed by atoms with van der Waals surface area (Å²) in [6.07, 6.45) is 5.45. The largest absolute Gasteiger partial charge is 0.489 e. The Labute approximate surface area is 122 Å². The molecule has 0 aliphatic heterocycles. The quantitative estimate of drug-likeness (QED) is 0.764. The predicted octanol–water partition coefficient (Wildman–Crippen LogP) is 4.01. The molecule has 1 fully saturated rings. The highest BCUT2D eigenvalue weighted by Gasteiger charge is 2.22. The lowest BCUT2D eigenvalue weighted by Gasteiger charge is -2.23. The summed E-state index contributed by atoms with van der Waals surface area (Å²) in [7, 11) is 1.70. The Morgan fingerprint density at radius 1 is 1.25 bits per heavy atom. The van der Waals surface area contributed by atoms with Crippen molar-refractivity contribution < 1.29 is 9.47 Å². The molecule has 1 atom stereocenters. The number of aryl methyl sites for hydroxylation is 1. The molecule has 1 aromatic carbocycles. The Kier molecular flexibility index (Phi) is 5.72. The maximum atomic E-state index is 5.83. The molecular formula is C17H27NO2. The number of ether oxygens (including phenoxy) is 2. The summed E-state index contributed by atoms with van der Waals surface area (Å²) in [5.41, 5.74) is 2.32. The molecule has 3 heteroatoms. The van der Waals surface area contributed by atoms with Crippen molar-refractivity contribution in [1.29, 1.82) is 0 Å². The lowest BCUT2D eigenvalue weighted by atomic mass is 9.99. The van der Waals surface area contributed by atoms with E-state index in [1.54, 1.807) is 7.11 Å². The van der Waals surface area contributed by atoms with Gasteiger partial charge in [0, 0.05) is 13.2 Å². The van der Waals surface area contributed by atoms with Crippen LogP contribution < -0.4 is 10.1 Å². The van der Waals surface area contributed by atoms with Crippen LogP contribution in [0.2, 0.25) is 0 Å². The molecule has 0 radical (unpaired) electrons. The molecule has 0 spiro atoms. The first-order valence-electron chi connectivity index (χ1n) is 7.69. The fourth-order valence-corrected chi connectivity index (χ4v) is 2.92. The number of hydrogen-bond donors (Lipinski definition) is 1. The van der Waals surface area contributed by atoms with Gasteiger partial charge in [-0.05, 0) is 50.3 Å². The van der Waals surface area contributed by atoms with E-state index in [2.05, 4.69) is 37.4 Å². The Morgan fingerprint density at radius 3 is 2.70 bits per heavy atom. The summed E-state index contributed by atoms with van der Waals surface area (Å²) in [4.78, 5) is 0. The number of anilines is 1. The van der Waals surface area contributed by atoms with E-state index >= 15 is 0 Å². The summed E-state index contributed by atoms with van der Waals surface area (Å²) < 4.78 is 10.9. The van der Waals surface area contributed by atoms with Crippen molar-refractivity contribution in [1.82, 2.24) is 0 Å². The molecule has 0 bridgehead atoms. The van der Waals surface area contributed by atoms with E-state index in [9.17, 15) is 0 Å². The number of benzene rings is 1. The van der Waals surface area contributed by atoms with Gasteiger partial charge in [0.15, 0.2) is 0 Å². The first-order valence-corrected chi connectivity index (χ1v) is 7.69. The summed E-state index contributed by atoms with van der Waals surface area (Å²) in [5, 5.41) is 3.64.